The van der Waals surface area contributed by atoms with Crippen LogP contribution in [0.5, 0.6) is 5.75 Å². The van der Waals surface area contributed by atoms with E-state index in [-0.39, 0.29) is 65.3 Å². The van der Waals surface area contributed by atoms with Crippen molar-refractivity contribution < 1.29 is 51.6 Å². The number of β-amino-alcohol motifs (C(OH)–C–C–N with tert-alkyl or cyclic N) is 1. The number of carboxylic acids is 2. The summed E-state index contributed by atoms with van der Waals surface area (Å²) in [6.45, 7) is 0.310. The molecular formula is C38H35ClF5N7O8. The second-order valence-electron chi connectivity index (χ2n) is 14.6. The molecule has 8 rings (SSSR count). The van der Waals surface area contributed by atoms with E-state index < -0.39 is 92.4 Å². The van der Waals surface area contributed by atoms with Crippen molar-refractivity contribution in [2.45, 2.75) is 31.4 Å². The summed E-state index contributed by atoms with van der Waals surface area (Å²) >= 11 is 6.36. The molecule has 1 saturated carbocycles. The van der Waals surface area contributed by atoms with Crippen LogP contribution >= 0.6 is 11.6 Å². The predicted octanol–water partition coefficient (Wildman–Crippen LogP) is 4.22. The maximum absolute atomic E-state index is 15.2. The van der Waals surface area contributed by atoms with E-state index in [9.17, 15) is 52.1 Å². The minimum Gasteiger partial charge on any atom is -0.492 e. The first-order chi connectivity index (χ1) is 27.9. The summed E-state index contributed by atoms with van der Waals surface area (Å²) in [7, 11) is 1.38. The molecule has 1 atom stereocenters. The highest BCUT2D eigenvalue weighted by molar-refractivity contribution is 6.38. The SMILES string of the molecule is COc1c(N2CC[C@@](CN)(CF)C2)c(F)cc2c(=O)c(C(=O)O)cn(C3CC3)c12.Nc1nc(-n2cc(C(=O)O)c(=O)c3cc(F)c(N4CC(O)C4)c(Cl)c32)c(F)cc1F. The van der Waals surface area contributed by atoms with Crippen molar-refractivity contribution in [3.63, 3.8) is 0 Å². The van der Waals surface area contributed by atoms with Crippen LogP contribution in [0.2, 0.25) is 5.02 Å². The Morgan fingerprint density at radius 2 is 1.51 bits per heavy atom. The van der Waals surface area contributed by atoms with E-state index >= 15 is 4.39 Å². The largest absolute Gasteiger partial charge is 0.492 e. The second-order valence-corrected chi connectivity index (χ2v) is 15.0. The van der Waals surface area contributed by atoms with Gasteiger partial charge in [-0.15, -0.1) is 0 Å². The fourth-order valence-corrected chi connectivity index (χ4v) is 7.87. The van der Waals surface area contributed by atoms with E-state index in [4.69, 9.17) is 27.8 Å². The van der Waals surface area contributed by atoms with Crippen LogP contribution in [-0.2, 0) is 0 Å². The molecular weight excluding hydrogens is 813 g/mol. The van der Waals surface area contributed by atoms with Crippen LogP contribution < -0.4 is 36.9 Å². The summed E-state index contributed by atoms with van der Waals surface area (Å²) in [6.07, 6.45) is 3.50. The Morgan fingerprint density at radius 3 is 2.03 bits per heavy atom. The Morgan fingerprint density at radius 1 is 0.915 bits per heavy atom. The Bertz CT molecular complexity index is 2700. The molecule has 312 valence electrons. The number of halogens is 6. The summed E-state index contributed by atoms with van der Waals surface area (Å²) < 4.78 is 79.7. The van der Waals surface area contributed by atoms with Gasteiger partial charge in [0.2, 0.25) is 10.9 Å². The lowest BCUT2D eigenvalue weighted by Gasteiger charge is -2.38. The number of nitrogens with zero attached hydrogens (tertiary/aromatic N) is 5. The molecule has 0 bridgehead atoms. The number of carbonyl (C=O) groups is 2. The van der Waals surface area contributed by atoms with Gasteiger partial charge in [0.05, 0.1) is 52.4 Å². The van der Waals surface area contributed by atoms with Crippen molar-refractivity contribution in [2.24, 2.45) is 11.1 Å². The smallest absolute Gasteiger partial charge is 0.341 e. The van der Waals surface area contributed by atoms with Crippen molar-refractivity contribution in [2.75, 3.05) is 62.0 Å². The average Bonchev–Trinajstić information content (AvgIpc) is 3.94. The number of aromatic carboxylic acids is 2. The summed E-state index contributed by atoms with van der Waals surface area (Å²) in [4.78, 5) is 55.1. The molecule has 0 unspecified atom stereocenters. The number of methoxy groups -OCH3 is 1. The molecule has 15 nitrogen and oxygen atoms in total. The van der Waals surface area contributed by atoms with Crippen LogP contribution in [0.25, 0.3) is 27.6 Å². The molecule has 2 aliphatic heterocycles. The zero-order valence-corrected chi connectivity index (χ0v) is 31.7. The molecule has 5 aromatic rings. The summed E-state index contributed by atoms with van der Waals surface area (Å²) in [5.74, 6) is -8.17. The number of aliphatic hydroxyl groups excluding tert-OH is 1. The monoisotopic (exact) mass is 847 g/mol. The molecule has 3 aromatic heterocycles. The number of nitrogen functional groups attached to an aromatic ring is 1. The van der Waals surface area contributed by atoms with Crippen LogP contribution in [-0.4, -0.2) is 94.0 Å². The van der Waals surface area contributed by atoms with Gasteiger partial charge in [-0.3, -0.25) is 18.5 Å². The van der Waals surface area contributed by atoms with Crippen LogP contribution in [0.4, 0.5) is 39.1 Å². The maximum atomic E-state index is 15.2. The highest BCUT2D eigenvalue weighted by Gasteiger charge is 2.40. The van der Waals surface area contributed by atoms with Gasteiger partial charge in [-0.05, 0) is 31.4 Å². The first-order valence-corrected chi connectivity index (χ1v) is 18.4. The maximum Gasteiger partial charge on any atom is 0.341 e. The highest BCUT2D eigenvalue weighted by atomic mass is 35.5. The number of benzene rings is 2. The molecule has 7 N–H and O–H groups in total. The van der Waals surface area contributed by atoms with E-state index in [1.54, 1.807) is 9.47 Å². The number of aromatic nitrogens is 3. The van der Waals surface area contributed by atoms with Crippen LogP contribution in [0.1, 0.15) is 46.0 Å². The van der Waals surface area contributed by atoms with Crippen molar-refractivity contribution >= 4 is 62.5 Å². The number of hydrogen-bond acceptors (Lipinski definition) is 11. The lowest BCUT2D eigenvalue weighted by atomic mass is 9.89. The van der Waals surface area contributed by atoms with Gasteiger partial charge < -0.3 is 45.9 Å². The van der Waals surface area contributed by atoms with E-state index in [2.05, 4.69) is 4.98 Å². The molecule has 21 heteroatoms. The topological polar surface area (TPSA) is 219 Å². The Hall–Kier alpha value is -5.99. The number of nitrogens with two attached hydrogens (primary N) is 2. The van der Waals surface area contributed by atoms with Crippen LogP contribution in [0.15, 0.2) is 40.2 Å². The van der Waals surface area contributed by atoms with Gasteiger partial charge in [-0.1, -0.05) is 11.6 Å². The normalized spacial score (nSPS) is 17.9. The molecule has 5 heterocycles. The van der Waals surface area contributed by atoms with Crippen LogP contribution in [0.3, 0.4) is 0 Å². The van der Waals surface area contributed by atoms with Gasteiger partial charge in [0.1, 0.15) is 22.6 Å². The van der Waals surface area contributed by atoms with Gasteiger partial charge in [0, 0.05) is 62.6 Å². The molecule has 2 saturated heterocycles. The fourth-order valence-electron chi connectivity index (χ4n) is 7.47. The third-order valence-corrected chi connectivity index (χ3v) is 11.1. The summed E-state index contributed by atoms with van der Waals surface area (Å²) in [5, 5.41) is 27.4. The number of anilines is 3. The van der Waals surface area contributed by atoms with E-state index in [0.29, 0.717) is 24.5 Å². The number of carboxylic acid groups (broad SMARTS) is 2. The summed E-state index contributed by atoms with van der Waals surface area (Å²) in [6, 6.07) is 2.30. The van der Waals surface area contributed by atoms with Gasteiger partial charge >= 0.3 is 11.9 Å². The van der Waals surface area contributed by atoms with Crippen molar-refractivity contribution in [3.8, 4) is 11.6 Å². The number of pyridine rings is 3. The zero-order valence-electron chi connectivity index (χ0n) is 30.9. The van der Waals surface area contributed by atoms with Gasteiger partial charge in [0.15, 0.2) is 34.8 Å². The zero-order chi connectivity index (χ0) is 42.8. The number of fused-ring (bicyclic) bond motifs is 2. The number of ether oxygens (including phenoxy) is 1. The first kappa shape index (κ1) is 41.2. The highest BCUT2D eigenvalue weighted by Crippen LogP contribution is 2.46. The molecule has 1 aliphatic carbocycles. The molecule has 59 heavy (non-hydrogen) atoms. The van der Waals surface area contributed by atoms with Gasteiger partial charge in [0.25, 0.3) is 0 Å². The standard InChI is InChI=1S/C20H23F2N3O4.C18H12ClF3N4O4/c1-29-18-15-12(17(26)13(19(27)28)7-25(15)11-2-3-11)6-14(22)16(18)24-5-4-20(8-21,9-23)10-24;19-12-13-7(1-9(20)14(12)25-3-6(27)4-25)15(28)8(18(29)30)5-26(13)17-11(22)2-10(21)16(23)24-17/h6-7,11H,2-5,8-10,23H2,1H3,(H,27,28);1-2,5-6,27H,3-4H2,(H2,23,24)(H,29,30)/t20-;/m0./s1. The molecule has 0 radical (unpaired) electrons. The lowest BCUT2D eigenvalue weighted by Crippen LogP contribution is -2.51. The molecule has 3 fully saturated rings. The molecule has 3 aliphatic rings. The molecule has 0 amide bonds. The third kappa shape index (κ3) is 7.03. The third-order valence-electron chi connectivity index (χ3n) is 10.8. The number of alkyl halides is 1. The van der Waals surface area contributed by atoms with Crippen LogP contribution in [0, 0.1) is 28.7 Å². The predicted molar refractivity (Wildman–Crippen MR) is 206 cm³/mol. The Labute approximate surface area is 334 Å². The van der Waals surface area contributed by atoms with Crippen molar-refractivity contribution in [1.82, 2.24) is 14.1 Å². The first-order valence-electron chi connectivity index (χ1n) is 18.0. The number of aliphatic hydroxyl groups is 1. The van der Waals surface area contributed by atoms with Crippen molar-refractivity contribution in [3.05, 3.63) is 90.5 Å². The number of hydrogen-bond donors (Lipinski definition) is 5. The van der Waals surface area contributed by atoms with Gasteiger partial charge in [-0.2, -0.15) is 0 Å². The van der Waals surface area contributed by atoms with E-state index in [1.165, 1.54) is 18.2 Å². The van der Waals surface area contributed by atoms with Crippen molar-refractivity contribution in [1.29, 1.82) is 0 Å². The Balaban J connectivity index is 0.000000179. The molecule has 2 aromatic carbocycles. The minimum atomic E-state index is -1.65. The minimum absolute atomic E-state index is 0.0240. The second kappa shape index (κ2) is 15.3. The van der Waals surface area contributed by atoms with E-state index in [0.717, 1.165) is 35.7 Å². The quantitative estimate of drug-likeness (QED) is 0.131. The molecule has 0 spiro atoms. The fraction of sp³-hybridized carbons (Fsp3) is 0.342. The van der Waals surface area contributed by atoms with Gasteiger partial charge in [-0.25, -0.2) is 32.1 Å². The van der Waals surface area contributed by atoms with E-state index in [1.807, 2.05) is 0 Å². The Kier molecular flexibility index (Phi) is 10.7. The number of rotatable bonds is 9. The average molecular weight is 848 g/mol. The lowest BCUT2D eigenvalue weighted by molar-refractivity contribution is 0.0684. The summed E-state index contributed by atoms with van der Waals surface area (Å²) in [5.41, 5.74) is 7.52.